The van der Waals surface area contributed by atoms with Crippen molar-refractivity contribution < 1.29 is 4.74 Å². The number of halogens is 1. The van der Waals surface area contributed by atoms with Gasteiger partial charge in [-0.2, -0.15) is 0 Å². The molecular weight excluding hydrogens is 360 g/mol. The molecule has 2 heterocycles. The summed E-state index contributed by atoms with van der Waals surface area (Å²) in [6.07, 6.45) is 1.88. The fourth-order valence-corrected chi connectivity index (χ4v) is 3.32. The van der Waals surface area contributed by atoms with Crippen molar-refractivity contribution in [2.45, 2.75) is 12.8 Å². The van der Waals surface area contributed by atoms with E-state index in [1.165, 1.54) is 0 Å². The minimum absolute atomic E-state index is 0.146. The summed E-state index contributed by atoms with van der Waals surface area (Å²) in [6.45, 7) is 2.31. The summed E-state index contributed by atoms with van der Waals surface area (Å²) in [5.74, 6) is 1.25. The van der Waals surface area contributed by atoms with E-state index < -0.39 is 0 Å². The van der Waals surface area contributed by atoms with Crippen molar-refractivity contribution >= 4 is 32.8 Å². The fourth-order valence-electron chi connectivity index (χ4n) is 2.72. The third-order valence-electron chi connectivity index (χ3n) is 4.05. The van der Waals surface area contributed by atoms with Crippen LogP contribution in [0.5, 0.6) is 5.75 Å². The molecule has 0 unspecified atom stereocenters. The zero-order chi connectivity index (χ0) is 16.6. The van der Waals surface area contributed by atoms with Crippen LogP contribution in [-0.2, 0) is 6.42 Å². The predicted octanol–water partition coefficient (Wildman–Crippen LogP) is 2.01. The number of hydrogen-bond donors (Lipinski definition) is 1. The lowest BCUT2D eigenvalue weighted by molar-refractivity contribution is 0.291. The molecule has 1 aliphatic heterocycles. The predicted molar refractivity (Wildman–Crippen MR) is 95.7 cm³/mol. The van der Waals surface area contributed by atoms with Gasteiger partial charge in [0.2, 0.25) is 5.95 Å². The van der Waals surface area contributed by atoms with E-state index in [1.807, 2.05) is 32.1 Å². The van der Waals surface area contributed by atoms with Crippen molar-refractivity contribution in [3.8, 4) is 5.75 Å². The number of aromatic nitrogens is 2. The lowest BCUT2D eigenvalue weighted by Gasteiger charge is -2.22. The summed E-state index contributed by atoms with van der Waals surface area (Å²) in [7, 11) is 5.97. The first-order valence-corrected chi connectivity index (χ1v) is 8.50. The fraction of sp³-hybridized carbons (Fsp3) is 0.500. The second kappa shape index (κ2) is 6.49. The van der Waals surface area contributed by atoms with Crippen LogP contribution in [0.4, 0.5) is 5.95 Å². The molecule has 0 spiro atoms. The zero-order valence-corrected chi connectivity index (χ0v) is 15.2. The van der Waals surface area contributed by atoms with Gasteiger partial charge in [-0.15, -0.1) is 0 Å². The molecule has 1 aromatic heterocycles. The van der Waals surface area contributed by atoms with Gasteiger partial charge < -0.3 is 14.5 Å². The van der Waals surface area contributed by atoms with Crippen LogP contribution in [0.1, 0.15) is 12.0 Å². The number of nitrogens with zero attached hydrogens (tertiary/aromatic N) is 3. The summed E-state index contributed by atoms with van der Waals surface area (Å²) in [4.78, 5) is 24.2. The van der Waals surface area contributed by atoms with Gasteiger partial charge in [0.1, 0.15) is 11.1 Å². The highest BCUT2D eigenvalue weighted by atomic mass is 79.9. The first-order valence-electron chi connectivity index (χ1n) is 7.71. The molecule has 2 aromatic rings. The standard InChI is InChI=1S/C16H21BrN4O2/c1-20(2)6-7-21(3)16-18-12-9-11(17)10-5-4-8-23-14(10)13(12)15(22)19-16/h9H,4-8H2,1-3H3,(H,18,19,22). The lowest BCUT2D eigenvalue weighted by Crippen LogP contribution is -2.31. The van der Waals surface area contributed by atoms with Gasteiger partial charge in [-0.05, 0) is 33.0 Å². The molecule has 0 radical (unpaired) electrons. The highest BCUT2D eigenvalue weighted by Gasteiger charge is 2.21. The number of ether oxygens (including phenoxy) is 1. The maximum Gasteiger partial charge on any atom is 0.263 e. The monoisotopic (exact) mass is 380 g/mol. The molecule has 0 atom stereocenters. The molecule has 124 valence electrons. The van der Waals surface area contributed by atoms with E-state index in [2.05, 4.69) is 30.8 Å². The molecule has 0 saturated heterocycles. The smallest absolute Gasteiger partial charge is 0.263 e. The van der Waals surface area contributed by atoms with Crippen molar-refractivity contribution in [1.29, 1.82) is 0 Å². The van der Waals surface area contributed by atoms with Crippen molar-refractivity contribution in [2.24, 2.45) is 0 Å². The second-order valence-electron chi connectivity index (χ2n) is 6.13. The Morgan fingerprint density at radius 3 is 2.87 bits per heavy atom. The van der Waals surface area contributed by atoms with E-state index in [0.29, 0.717) is 29.2 Å². The van der Waals surface area contributed by atoms with E-state index in [9.17, 15) is 4.79 Å². The first-order chi connectivity index (χ1) is 11.0. The van der Waals surface area contributed by atoms with Crippen LogP contribution in [0.3, 0.4) is 0 Å². The van der Waals surface area contributed by atoms with Crippen LogP contribution in [0.15, 0.2) is 15.3 Å². The summed E-state index contributed by atoms with van der Waals surface area (Å²) < 4.78 is 6.73. The van der Waals surface area contributed by atoms with E-state index in [1.54, 1.807) is 0 Å². The topological polar surface area (TPSA) is 61.5 Å². The maximum atomic E-state index is 12.6. The Labute approximate surface area is 143 Å². The van der Waals surface area contributed by atoms with Crippen LogP contribution in [0.25, 0.3) is 10.9 Å². The number of rotatable bonds is 4. The normalized spacial score (nSPS) is 14.0. The molecule has 1 aromatic carbocycles. The van der Waals surface area contributed by atoms with Crippen molar-refractivity contribution in [3.63, 3.8) is 0 Å². The van der Waals surface area contributed by atoms with Gasteiger partial charge >= 0.3 is 0 Å². The largest absolute Gasteiger partial charge is 0.492 e. The molecule has 0 saturated carbocycles. The van der Waals surface area contributed by atoms with Crippen LogP contribution in [0.2, 0.25) is 0 Å². The Bertz CT molecular complexity index is 788. The SMILES string of the molecule is CN(C)CCN(C)c1nc2cc(Br)c3c(c2c(=O)[nH]1)OCCC3. The van der Waals surface area contributed by atoms with E-state index >= 15 is 0 Å². The molecule has 0 bridgehead atoms. The third kappa shape index (κ3) is 3.21. The Balaban J connectivity index is 2.07. The minimum atomic E-state index is -0.146. The van der Waals surface area contributed by atoms with E-state index in [0.717, 1.165) is 36.0 Å². The Hall–Kier alpha value is -1.60. The molecule has 0 amide bonds. The van der Waals surface area contributed by atoms with Crippen LogP contribution in [-0.4, -0.2) is 55.7 Å². The number of benzene rings is 1. The van der Waals surface area contributed by atoms with Gasteiger partial charge in [0.25, 0.3) is 5.56 Å². The summed E-state index contributed by atoms with van der Waals surface area (Å²) in [5, 5.41) is 0.549. The van der Waals surface area contributed by atoms with Gasteiger partial charge in [0.15, 0.2) is 0 Å². The van der Waals surface area contributed by atoms with Crippen LogP contribution >= 0.6 is 15.9 Å². The molecule has 3 rings (SSSR count). The number of likely N-dealkylation sites (N-methyl/N-ethyl adjacent to an activating group) is 2. The van der Waals surface area contributed by atoms with Crippen LogP contribution in [0, 0.1) is 0 Å². The lowest BCUT2D eigenvalue weighted by atomic mass is 10.0. The van der Waals surface area contributed by atoms with Gasteiger partial charge in [0, 0.05) is 30.2 Å². The summed E-state index contributed by atoms with van der Waals surface area (Å²) in [5.41, 5.74) is 1.57. The molecule has 1 aliphatic rings. The van der Waals surface area contributed by atoms with Gasteiger partial charge in [-0.3, -0.25) is 9.78 Å². The van der Waals surface area contributed by atoms with Crippen molar-refractivity contribution in [1.82, 2.24) is 14.9 Å². The molecule has 0 aliphatic carbocycles. The van der Waals surface area contributed by atoms with E-state index in [-0.39, 0.29) is 5.56 Å². The first kappa shape index (κ1) is 16.3. The molecule has 0 fully saturated rings. The highest BCUT2D eigenvalue weighted by molar-refractivity contribution is 9.10. The summed E-state index contributed by atoms with van der Waals surface area (Å²) >= 11 is 3.59. The highest BCUT2D eigenvalue weighted by Crippen LogP contribution is 2.36. The van der Waals surface area contributed by atoms with E-state index in [4.69, 9.17) is 4.74 Å². The van der Waals surface area contributed by atoms with Gasteiger partial charge in [0.05, 0.1) is 12.1 Å². The number of anilines is 1. The summed E-state index contributed by atoms with van der Waals surface area (Å²) in [6, 6.07) is 1.92. The zero-order valence-electron chi connectivity index (χ0n) is 13.6. The third-order valence-corrected chi connectivity index (χ3v) is 4.76. The van der Waals surface area contributed by atoms with Crippen molar-refractivity contribution in [3.05, 3.63) is 26.5 Å². The number of hydrogen-bond acceptors (Lipinski definition) is 5. The quantitative estimate of drug-likeness (QED) is 0.878. The Kier molecular flexibility index (Phi) is 4.59. The van der Waals surface area contributed by atoms with Gasteiger partial charge in [-0.25, -0.2) is 4.98 Å². The molecule has 6 nitrogen and oxygen atoms in total. The van der Waals surface area contributed by atoms with Crippen molar-refractivity contribution in [2.75, 3.05) is 45.7 Å². The average Bonchev–Trinajstić information content (AvgIpc) is 2.52. The Morgan fingerprint density at radius 1 is 1.35 bits per heavy atom. The van der Waals surface area contributed by atoms with Crippen LogP contribution < -0.4 is 15.2 Å². The number of aromatic amines is 1. The average molecular weight is 381 g/mol. The van der Waals surface area contributed by atoms with Gasteiger partial charge in [-0.1, -0.05) is 15.9 Å². The molecular formula is C16H21BrN4O2. The maximum absolute atomic E-state index is 12.6. The molecule has 1 N–H and O–H groups in total. The Morgan fingerprint density at radius 2 is 2.13 bits per heavy atom. The number of fused-ring (bicyclic) bond motifs is 3. The number of H-pyrrole nitrogens is 1. The number of nitrogens with one attached hydrogen (secondary N) is 1. The molecule has 23 heavy (non-hydrogen) atoms. The second-order valence-corrected chi connectivity index (χ2v) is 6.98. The minimum Gasteiger partial charge on any atom is -0.492 e. The molecule has 7 heteroatoms.